The van der Waals surface area contributed by atoms with Crippen LogP contribution in [0.2, 0.25) is 0 Å². The SMILES string of the molecule is COCCNC(=S)NNC(=O)COc1ccc(Br)cc1Br. The van der Waals surface area contributed by atoms with E-state index in [-0.39, 0.29) is 12.5 Å². The Morgan fingerprint density at radius 3 is 2.76 bits per heavy atom. The predicted octanol–water partition coefficient (Wildman–Crippen LogP) is 1.73. The summed E-state index contributed by atoms with van der Waals surface area (Å²) in [6.07, 6.45) is 0. The third kappa shape index (κ3) is 7.60. The maximum Gasteiger partial charge on any atom is 0.276 e. The number of hydrazine groups is 1. The Morgan fingerprint density at radius 1 is 1.33 bits per heavy atom. The van der Waals surface area contributed by atoms with E-state index in [1.807, 2.05) is 12.1 Å². The molecule has 1 rings (SSSR count). The number of hydrogen-bond acceptors (Lipinski definition) is 4. The molecule has 0 aliphatic heterocycles. The van der Waals surface area contributed by atoms with Crippen molar-refractivity contribution in [1.82, 2.24) is 16.2 Å². The molecule has 0 atom stereocenters. The number of carbonyl (C=O) groups excluding carboxylic acids is 1. The Hall–Kier alpha value is -0.900. The molecule has 0 saturated carbocycles. The van der Waals surface area contributed by atoms with Crippen LogP contribution in [0.5, 0.6) is 5.75 Å². The van der Waals surface area contributed by atoms with Crippen LogP contribution in [0.4, 0.5) is 0 Å². The predicted molar refractivity (Wildman–Crippen MR) is 91.1 cm³/mol. The van der Waals surface area contributed by atoms with Gasteiger partial charge in [-0.05, 0) is 46.3 Å². The van der Waals surface area contributed by atoms with Crippen molar-refractivity contribution in [1.29, 1.82) is 0 Å². The topological polar surface area (TPSA) is 71.6 Å². The monoisotopic (exact) mass is 439 g/mol. The molecule has 21 heavy (non-hydrogen) atoms. The summed E-state index contributed by atoms with van der Waals surface area (Å²) in [6.45, 7) is 0.949. The number of ether oxygens (including phenoxy) is 2. The van der Waals surface area contributed by atoms with E-state index in [1.54, 1.807) is 13.2 Å². The van der Waals surface area contributed by atoms with Crippen molar-refractivity contribution in [2.75, 3.05) is 26.9 Å². The van der Waals surface area contributed by atoms with Crippen molar-refractivity contribution in [3.8, 4) is 5.75 Å². The van der Waals surface area contributed by atoms with E-state index < -0.39 is 0 Å². The second-order valence-corrected chi connectivity index (χ2v) is 5.96. The highest BCUT2D eigenvalue weighted by Gasteiger charge is 2.06. The zero-order valence-electron chi connectivity index (χ0n) is 11.2. The molecular weight excluding hydrogens is 426 g/mol. The first-order chi connectivity index (χ1) is 10.0. The van der Waals surface area contributed by atoms with Crippen LogP contribution in [0.25, 0.3) is 0 Å². The maximum atomic E-state index is 11.6. The fraction of sp³-hybridized carbons (Fsp3) is 0.333. The van der Waals surface area contributed by atoms with Gasteiger partial charge in [-0.3, -0.25) is 15.6 Å². The van der Waals surface area contributed by atoms with Crippen LogP contribution in [-0.2, 0) is 9.53 Å². The third-order valence-electron chi connectivity index (χ3n) is 2.16. The van der Waals surface area contributed by atoms with Gasteiger partial charge in [0.25, 0.3) is 5.91 Å². The zero-order chi connectivity index (χ0) is 15.7. The summed E-state index contributed by atoms with van der Waals surface area (Å²) in [5, 5.41) is 3.17. The number of thiocarbonyl (C=S) groups is 1. The normalized spacial score (nSPS) is 9.86. The van der Waals surface area contributed by atoms with Gasteiger partial charge in [-0.2, -0.15) is 0 Å². The zero-order valence-corrected chi connectivity index (χ0v) is 15.2. The van der Waals surface area contributed by atoms with Crippen molar-refractivity contribution in [2.45, 2.75) is 0 Å². The second-order valence-electron chi connectivity index (χ2n) is 3.79. The lowest BCUT2D eigenvalue weighted by Crippen LogP contribution is -2.48. The van der Waals surface area contributed by atoms with Gasteiger partial charge in [0.05, 0.1) is 11.1 Å². The number of benzene rings is 1. The molecule has 1 aromatic rings. The maximum absolute atomic E-state index is 11.6. The number of methoxy groups -OCH3 is 1. The molecule has 3 N–H and O–H groups in total. The smallest absolute Gasteiger partial charge is 0.276 e. The van der Waals surface area contributed by atoms with Crippen LogP contribution in [0.3, 0.4) is 0 Å². The van der Waals surface area contributed by atoms with Crippen molar-refractivity contribution >= 4 is 55.1 Å². The number of rotatable bonds is 6. The number of carbonyl (C=O) groups is 1. The number of nitrogens with one attached hydrogen (secondary N) is 3. The third-order valence-corrected chi connectivity index (χ3v) is 3.52. The molecule has 1 amide bonds. The molecule has 0 spiro atoms. The van der Waals surface area contributed by atoms with E-state index in [1.165, 1.54) is 0 Å². The average Bonchev–Trinajstić information content (AvgIpc) is 2.44. The van der Waals surface area contributed by atoms with Crippen LogP contribution in [0.1, 0.15) is 0 Å². The molecule has 6 nitrogen and oxygen atoms in total. The summed E-state index contributed by atoms with van der Waals surface area (Å²) in [5.74, 6) is 0.231. The van der Waals surface area contributed by atoms with Gasteiger partial charge < -0.3 is 14.8 Å². The molecule has 1 aromatic carbocycles. The van der Waals surface area contributed by atoms with Crippen LogP contribution in [-0.4, -0.2) is 37.9 Å². The Kier molecular flexibility index (Phi) is 8.58. The van der Waals surface area contributed by atoms with Crippen molar-refractivity contribution in [3.63, 3.8) is 0 Å². The van der Waals surface area contributed by atoms with Gasteiger partial charge in [0.1, 0.15) is 5.75 Å². The Morgan fingerprint density at radius 2 is 2.10 bits per heavy atom. The molecular formula is C12H15Br2N3O3S. The molecule has 0 bridgehead atoms. The van der Waals surface area contributed by atoms with Crippen LogP contribution in [0.15, 0.2) is 27.1 Å². The summed E-state index contributed by atoms with van der Waals surface area (Å²) in [4.78, 5) is 11.6. The van der Waals surface area contributed by atoms with Crippen LogP contribution < -0.4 is 20.9 Å². The van der Waals surface area contributed by atoms with Gasteiger partial charge in [-0.1, -0.05) is 15.9 Å². The van der Waals surface area contributed by atoms with E-state index in [0.717, 1.165) is 8.95 Å². The lowest BCUT2D eigenvalue weighted by atomic mass is 10.3. The largest absolute Gasteiger partial charge is 0.483 e. The molecule has 0 aliphatic rings. The Labute approximate surface area is 145 Å². The first kappa shape index (κ1) is 18.1. The molecule has 0 heterocycles. The van der Waals surface area contributed by atoms with Gasteiger partial charge in [0, 0.05) is 18.1 Å². The van der Waals surface area contributed by atoms with Crippen LogP contribution in [0, 0.1) is 0 Å². The number of halogens is 2. The molecule has 0 unspecified atom stereocenters. The fourth-order valence-corrected chi connectivity index (χ4v) is 2.52. The molecule has 116 valence electrons. The van der Waals surface area contributed by atoms with Gasteiger partial charge >= 0.3 is 0 Å². The van der Waals surface area contributed by atoms with Gasteiger partial charge in [-0.25, -0.2) is 0 Å². The van der Waals surface area contributed by atoms with E-state index >= 15 is 0 Å². The summed E-state index contributed by atoms with van der Waals surface area (Å²) in [5.41, 5.74) is 4.99. The highest BCUT2D eigenvalue weighted by Crippen LogP contribution is 2.27. The Bertz CT molecular complexity index is 503. The quantitative estimate of drug-likeness (QED) is 0.355. The lowest BCUT2D eigenvalue weighted by Gasteiger charge is -2.12. The van der Waals surface area contributed by atoms with Crippen molar-refractivity contribution in [2.24, 2.45) is 0 Å². The first-order valence-electron chi connectivity index (χ1n) is 5.92. The van der Waals surface area contributed by atoms with Gasteiger partial charge in [0.2, 0.25) is 0 Å². The molecule has 0 fully saturated rings. The number of amides is 1. The molecule has 0 radical (unpaired) electrons. The van der Waals surface area contributed by atoms with E-state index in [4.69, 9.17) is 21.7 Å². The fourth-order valence-electron chi connectivity index (χ4n) is 1.21. The Balaban J connectivity index is 2.26. The second kappa shape index (κ2) is 9.93. The first-order valence-corrected chi connectivity index (χ1v) is 7.92. The highest BCUT2D eigenvalue weighted by atomic mass is 79.9. The van der Waals surface area contributed by atoms with E-state index in [9.17, 15) is 4.79 Å². The minimum absolute atomic E-state index is 0.131. The summed E-state index contributed by atoms with van der Waals surface area (Å²) in [6, 6.07) is 5.41. The molecule has 0 aliphatic carbocycles. The minimum atomic E-state index is -0.347. The molecule has 9 heteroatoms. The minimum Gasteiger partial charge on any atom is -0.483 e. The van der Waals surface area contributed by atoms with Crippen molar-refractivity contribution < 1.29 is 14.3 Å². The summed E-state index contributed by atoms with van der Waals surface area (Å²) < 4.78 is 11.9. The van der Waals surface area contributed by atoms with E-state index in [2.05, 4.69) is 48.0 Å². The van der Waals surface area contributed by atoms with Crippen LogP contribution >= 0.6 is 44.1 Å². The highest BCUT2D eigenvalue weighted by molar-refractivity contribution is 9.11. The summed E-state index contributed by atoms with van der Waals surface area (Å²) >= 11 is 11.6. The molecule has 0 saturated heterocycles. The van der Waals surface area contributed by atoms with E-state index in [0.29, 0.717) is 24.0 Å². The van der Waals surface area contributed by atoms with Gasteiger partial charge in [0.15, 0.2) is 11.7 Å². The van der Waals surface area contributed by atoms with Crippen molar-refractivity contribution in [3.05, 3.63) is 27.1 Å². The lowest BCUT2D eigenvalue weighted by molar-refractivity contribution is -0.123. The summed E-state index contributed by atoms with van der Waals surface area (Å²) in [7, 11) is 1.59. The molecule has 0 aromatic heterocycles. The standard InChI is InChI=1S/C12H15Br2N3O3S/c1-19-5-4-15-12(21)17-16-11(18)7-20-10-3-2-8(13)6-9(10)14/h2-3,6H,4-5,7H2,1H3,(H,16,18)(H2,15,17,21). The number of hydrogen-bond donors (Lipinski definition) is 3. The van der Waals surface area contributed by atoms with Gasteiger partial charge in [-0.15, -0.1) is 0 Å². The average molecular weight is 441 g/mol.